The Morgan fingerprint density at radius 1 is 0.569 bits per heavy atom. The van der Waals surface area contributed by atoms with Crippen LogP contribution < -0.4 is 10.6 Å². The van der Waals surface area contributed by atoms with E-state index in [1.807, 2.05) is 0 Å². The summed E-state index contributed by atoms with van der Waals surface area (Å²) in [5.74, 6) is -0.123. The number of nitrogens with zero attached hydrogens (tertiary/aromatic N) is 2. The Bertz CT molecular complexity index is 948. The minimum absolute atomic E-state index is 0.0105. The number of rotatable bonds is 46. The maximum atomic E-state index is 12.8. The fourth-order valence-electron chi connectivity index (χ4n) is 7.52. The van der Waals surface area contributed by atoms with Crippen molar-refractivity contribution in [3.8, 4) is 0 Å². The van der Waals surface area contributed by atoms with Gasteiger partial charge in [-0.1, -0.05) is 162 Å². The molecule has 0 rings (SSSR count). The summed E-state index contributed by atoms with van der Waals surface area (Å²) in [5, 5.41) is 16.7. The third kappa shape index (κ3) is 39.1. The number of nitro groups is 1. The topological polar surface area (TPSA) is 123 Å². The monoisotopic (exact) mass is 823 g/mol. The van der Waals surface area contributed by atoms with Gasteiger partial charge in [0.25, 0.3) is 0 Å². The molecular formula is C48H94N4O6. The molecule has 0 aromatic carbocycles. The first kappa shape index (κ1) is 55.6. The Balaban J connectivity index is 4.49. The molecule has 0 aromatic rings. The van der Waals surface area contributed by atoms with Crippen LogP contribution in [0.4, 0.5) is 0 Å². The highest BCUT2D eigenvalue weighted by molar-refractivity contribution is 5.69. The van der Waals surface area contributed by atoms with Gasteiger partial charge in [-0.3, -0.25) is 14.9 Å². The second-order valence-electron chi connectivity index (χ2n) is 16.8. The third-order valence-corrected chi connectivity index (χ3v) is 11.3. The molecule has 58 heavy (non-hydrogen) atoms. The molecule has 2 N–H and O–H groups in total. The molecule has 0 heterocycles. The van der Waals surface area contributed by atoms with Gasteiger partial charge in [-0.25, -0.2) is 0 Å². The molecule has 0 saturated carbocycles. The van der Waals surface area contributed by atoms with Gasteiger partial charge in [0.2, 0.25) is 0 Å². The van der Waals surface area contributed by atoms with Crippen LogP contribution in [0.3, 0.4) is 0 Å². The van der Waals surface area contributed by atoms with Crippen LogP contribution in [-0.2, 0) is 19.1 Å². The Kier molecular flexibility index (Phi) is 42.4. The first-order chi connectivity index (χ1) is 28.4. The van der Waals surface area contributed by atoms with Crippen LogP contribution >= 0.6 is 0 Å². The number of nitrogens with one attached hydrogen (secondary N) is 2. The van der Waals surface area contributed by atoms with Crippen molar-refractivity contribution in [3.63, 3.8) is 0 Å². The lowest BCUT2D eigenvalue weighted by molar-refractivity contribution is -0.431. The maximum Gasteiger partial charge on any atom is 0.331 e. The second-order valence-corrected chi connectivity index (χ2v) is 16.8. The van der Waals surface area contributed by atoms with Crippen LogP contribution in [0.15, 0.2) is 12.0 Å². The van der Waals surface area contributed by atoms with Gasteiger partial charge >= 0.3 is 17.8 Å². The van der Waals surface area contributed by atoms with E-state index < -0.39 is 4.92 Å². The van der Waals surface area contributed by atoms with Crippen LogP contribution in [0.25, 0.3) is 0 Å². The maximum absolute atomic E-state index is 12.8. The Hall–Kier alpha value is -2.36. The van der Waals surface area contributed by atoms with Crippen LogP contribution in [-0.4, -0.2) is 67.7 Å². The van der Waals surface area contributed by atoms with Crippen molar-refractivity contribution in [1.82, 2.24) is 15.5 Å². The predicted octanol–water partition coefficient (Wildman–Crippen LogP) is 13.0. The van der Waals surface area contributed by atoms with Crippen molar-refractivity contribution in [3.05, 3.63) is 22.1 Å². The molecule has 0 spiro atoms. The number of esters is 2. The Morgan fingerprint density at radius 2 is 0.983 bits per heavy atom. The number of hydrogen-bond acceptors (Lipinski definition) is 9. The SMILES string of the molecule is CCCCCCCCCCCOC(=O)CCCCCN(CCCCCCCC(=O)OC(CCCCCCCC)CCCCCCCC)CCCNC=C(NC)[N+](=O)[O-]. The average molecular weight is 823 g/mol. The van der Waals surface area contributed by atoms with Crippen molar-refractivity contribution in [1.29, 1.82) is 0 Å². The zero-order valence-corrected chi connectivity index (χ0v) is 38.6. The molecule has 0 saturated heterocycles. The summed E-state index contributed by atoms with van der Waals surface area (Å²) in [6.07, 6.45) is 40.1. The average Bonchev–Trinajstić information content (AvgIpc) is 3.21. The highest BCUT2D eigenvalue weighted by atomic mass is 16.6. The van der Waals surface area contributed by atoms with E-state index in [1.165, 1.54) is 115 Å². The number of unbranched alkanes of at least 4 members (excludes halogenated alkanes) is 24. The van der Waals surface area contributed by atoms with Gasteiger partial charge in [0.05, 0.1) is 19.9 Å². The molecule has 0 atom stereocenters. The Morgan fingerprint density at radius 3 is 1.48 bits per heavy atom. The van der Waals surface area contributed by atoms with Crippen LogP contribution in [0.1, 0.15) is 239 Å². The fourth-order valence-corrected chi connectivity index (χ4v) is 7.52. The molecule has 342 valence electrons. The summed E-state index contributed by atoms with van der Waals surface area (Å²) in [7, 11) is 1.55. The summed E-state index contributed by atoms with van der Waals surface area (Å²) < 4.78 is 11.5. The predicted molar refractivity (Wildman–Crippen MR) is 243 cm³/mol. The summed E-state index contributed by atoms with van der Waals surface area (Å²) in [6, 6.07) is 0. The standard InChI is InChI=1S/C48H94N4O6/c1-5-8-11-14-17-18-19-25-33-43-57-47(53)37-30-26-32-41-51(42-34-39-50-44-46(49-4)52(55)56)40-31-24-20-23-29-38-48(54)58-45(35-27-21-15-12-9-6-2)36-28-22-16-13-10-7-3/h44-45,49-50H,5-43H2,1-4H3. The van der Waals surface area contributed by atoms with Gasteiger partial charge in [-0.15, -0.1) is 0 Å². The molecule has 10 nitrogen and oxygen atoms in total. The largest absolute Gasteiger partial charge is 0.466 e. The fraction of sp³-hybridized carbons (Fsp3) is 0.917. The summed E-state index contributed by atoms with van der Waals surface area (Å²) in [4.78, 5) is 38.2. The second kappa shape index (κ2) is 44.2. The first-order valence-electron chi connectivity index (χ1n) is 24.7. The lowest BCUT2D eigenvalue weighted by atomic mass is 10.0. The van der Waals surface area contributed by atoms with Crippen molar-refractivity contribution in [2.45, 2.75) is 245 Å². The zero-order chi connectivity index (χ0) is 42.6. The normalized spacial score (nSPS) is 11.7. The van der Waals surface area contributed by atoms with Gasteiger partial charge in [0.15, 0.2) is 0 Å². The van der Waals surface area contributed by atoms with Crippen molar-refractivity contribution >= 4 is 11.9 Å². The van der Waals surface area contributed by atoms with Crippen LogP contribution in [0, 0.1) is 10.1 Å². The zero-order valence-electron chi connectivity index (χ0n) is 38.6. The van der Waals surface area contributed by atoms with Crippen molar-refractivity contribution in [2.24, 2.45) is 0 Å². The minimum Gasteiger partial charge on any atom is -0.466 e. The van der Waals surface area contributed by atoms with Crippen molar-refractivity contribution < 1.29 is 24.0 Å². The first-order valence-corrected chi connectivity index (χ1v) is 24.7. The quantitative estimate of drug-likeness (QED) is 0.0267. The molecule has 0 aliphatic rings. The van der Waals surface area contributed by atoms with E-state index in [0.29, 0.717) is 26.0 Å². The van der Waals surface area contributed by atoms with E-state index in [-0.39, 0.29) is 23.9 Å². The summed E-state index contributed by atoms with van der Waals surface area (Å²) in [6.45, 7) is 10.9. The number of carbonyl (C=O) groups excluding carboxylic acids is 2. The summed E-state index contributed by atoms with van der Waals surface area (Å²) in [5.41, 5.74) is 0. The molecule has 0 aliphatic heterocycles. The highest BCUT2D eigenvalue weighted by Crippen LogP contribution is 2.19. The lowest BCUT2D eigenvalue weighted by Gasteiger charge is -2.22. The lowest BCUT2D eigenvalue weighted by Crippen LogP contribution is -2.29. The van der Waals surface area contributed by atoms with Gasteiger partial charge in [-0.05, 0) is 88.8 Å². The van der Waals surface area contributed by atoms with Gasteiger partial charge in [-0.2, -0.15) is 0 Å². The van der Waals surface area contributed by atoms with E-state index in [4.69, 9.17) is 9.47 Å². The summed E-state index contributed by atoms with van der Waals surface area (Å²) >= 11 is 0. The smallest absolute Gasteiger partial charge is 0.331 e. The highest BCUT2D eigenvalue weighted by Gasteiger charge is 2.15. The van der Waals surface area contributed by atoms with Crippen LogP contribution in [0.5, 0.6) is 0 Å². The van der Waals surface area contributed by atoms with E-state index in [0.717, 1.165) is 116 Å². The van der Waals surface area contributed by atoms with Gasteiger partial charge in [0, 0.05) is 19.4 Å². The molecule has 0 radical (unpaired) electrons. The number of carbonyl (C=O) groups is 2. The van der Waals surface area contributed by atoms with Crippen molar-refractivity contribution in [2.75, 3.05) is 39.8 Å². The van der Waals surface area contributed by atoms with Gasteiger partial charge in [0.1, 0.15) is 6.10 Å². The van der Waals surface area contributed by atoms with E-state index in [9.17, 15) is 19.7 Å². The molecule has 0 bridgehead atoms. The van der Waals surface area contributed by atoms with Crippen LogP contribution in [0.2, 0.25) is 0 Å². The molecular weight excluding hydrogens is 729 g/mol. The molecule has 10 heteroatoms. The molecule has 0 aromatic heterocycles. The molecule has 0 amide bonds. The molecule has 0 unspecified atom stereocenters. The van der Waals surface area contributed by atoms with E-state index >= 15 is 0 Å². The molecule has 0 aliphatic carbocycles. The van der Waals surface area contributed by atoms with E-state index in [2.05, 4.69) is 36.3 Å². The minimum atomic E-state index is -0.430. The van der Waals surface area contributed by atoms with E-state index in [1.54, 1.807) is 7.05 Å². The number of hydrogen-bond donors (Lipinski definition) is 2. The third-order valence-electron chi connectivity index (χ3n) is 11.3. The van der Waals surface area contributed by atoms with Gasteiger partial charge < -0.3 is 29.8 Å². The number of ether oxygens (including phenoxy) is 2. The molecule has 0 fully saturated rings. The Labute approximate surface area is 357 Å².